The molecule has 0 bridgehead atoms. The molecule has 3 aromatic rings. The highest BCUT2D eigenvalue weighted by atomic mass is 16.5. The molecule has 0 aliphatic carbocycles. The Morgan fingerprint density at radius 1 is 1.03 bits per heavy atom. The molecule has 29 heavy (non-hydrogen) atoms. The first-order valence-corrected chi connectivity index (χ1v) is 9.70. The molecule has 2 heterocycles. The minimum Gasteiger partial charge on any atom is -0.454 e. The summed E-state index contributed by atoms with van der Waals surface area (Å²) in [7, 11) is 0. The van der Waals surface area contributed by atoms with Crippen molar-refractivity contribution in [3.05, 3.63) is 60.9 Å². The quantitative estimate of drug-likeness (QED) is 0.674. The zero-order chi connectivity index (χ0) is 20.1. The zero-order valence-electron chi connectivity index (χ0n) is 16.0. The molecule has 4 rings (SSSR count). The first kappa shape index (κ1) is 18.9. The van der Waals surface area contributed by atoms with Gasteiger partial charge in [-0.3, -0.25) is 4.79 Å². The van der Waals surface area contributed by atoms with Crippen LogP contribution in [0.15, 0.2) is 60.9 Å². The van der Waals surface area contributed by atoms with Crippen molar-refractivity contribution < 1.29 is 14.3 Å². The number of nitrogens with one attached hydrogen (secondary N) is 1. The molecule has 7 heteroatoms. The number of aromatic nitrogens is 2. The Morgan fingerprint density at radius 2 is 1.83 bits per heavy atom. The van der Waals surface area contributed by atoms with Crippen molar-refractivity contribution in [1.29, 1.82) is 0 Å². The lowest BCUT2D eigenvalue weighted by Gasteiger charge is -2.33. The smallest absolute Gasteiger partial charge is 0.329 e. The topological polar surface area (TPSA) is 84.4 Å². The molecule has 0 radical (unpaired) electrons. The maximum atomic E-state index is 12.7. The number of anilines is 2. The third-order valence-corrected chi connectivity index (χ3v) is 4.99. The van der Waals surface area contributed by atoms with Gasteiger partial charge in [0.1, 0.15) is 6.04 Å². The van der Waals surface area contributed by atoms with Crippen LogP contribution < -0.4 is 10.2 Å². The third-order valence-electron chi connectivity index (χ3n) is 4.99. The average Bonchev–Trinajstić information content (AvgIpc) is 2.78. The molecule has 1 saturated heterocycles. The van der Waals surface area contributed by atoms with E-state index in [0.29, 0.717) is 24.6 Å². The second-order valence-electron chi connectivity index (χ2n) is 6.94. The molecule has 1 fully saturated rings. The summed E-state index contributed by atoms with van der Waals surface area (Å²) in [5.41, 5.74) is 0.695. The predicted molar refractivity (Wildman–Crippen MR) is 111 cm³/mol. The first-order chi connectivity index (χ1) is 14.2. The van der Waals surface area contributed by atoms with Gasteiger partial charge in [0, 0.05) is 30.0 Å². The van der Waals surface area contributed by atoms with E-state index >= 15 is 0 Å². The molecule has 1 unspecified atom stereocenters. The highest BCUT2D eigenvalue weighted by molar-refractivity contribution is 6.02. The van der Waals surface area contributed by atoms with E-state index < -0.39 is 12.0 Å². The lowest BCUT2D eigenvalue weighted by Crippen LogP contribution is -2.47. The van der Waals surface area contributed by atoms with Gasteiger partial charge in [0.15, 0.2) is 6.61 Å². The number of esters is 1. The Morgan fingerprint density at radius 3 is 2.69 bits per heavy atom. The van der Waals surface area contributed by atoms with Crippen molar-refractivity contribution >= 4 is 34.3 Å². The van der Waals surface area contributed by atoms with Gasteiger partial charge in [-0.25, -0.2) is 14.8 Å². The van der Waals surface area contributed by atoms with Crippen molar-refractivity contribution in [2.45, 2.75) is 25.3 Å². The summed E-state index contributed by atoms with van der Waals surface area (Å²) in [6, 6.07) is 14.7. The highest BCUT2D eigenvalue weighted by Crippen LogP contribution is 2.24. The predicted octanol–water partition coefficient (Wildman–Crippen LogP) is 3.17. The number of carbonyl (C=O) groups excluding carboxylic acids is 2. The van der Waals surface area contributed by atoms with Gasteiger partial charge in [0.25, 0.3) is 5.91 Å². The second kappa shape index (κ2) is 8.68. The van der Waals surface area contributed by atoms with Crippen LogP contribution in [-0.4, -0.2) is 41.0 Å². The van der Waals surface area contributed by atoms with Gasteiger partial charge in [0.05, 0.1) is 0 Å². The summed E-state index contributed by atoms with van der Waals surface area (Å²) >= 11 is 0. The molecule has 1 N–H and O–H groups in total. The molecule has 1 aliphatic heterocycles. The Kier molecular flexibility index (Phi) is 5.65. The fourth-order valence-electron chi connectivity index (χ4n) is 3.61. The summed E-state index contributed by atoms with van der Waals surface area (Å²) in [4.78, 5) is 35.4. The number of amides is 1. The van der Waals surface area contributed by atoms with Gasteiger partial charge in [-0.05, 0) is 36.8 Å². The van der Waals surface area contributed by atoms with Crippen molar-refractivity contribution in [3.8, 4) is 0 Å². The van der Waals surface area contributed by atoms with Crippen molar-refractivity contribution in [3.63, 3.8) is 0 Å². The van der Waals surface area contributed by atoms with Crippen LogP contribution in [-0.2, 0) is 14.3 Å². The van der Waals surface area contributed by atoms with E-state index in [1.165, 1.54) is 0 Å². The summed E-state index contributed by atoms with van der Waals surface area (Å²) in [5, 5.41) is 4.80. The number of hydrogen-bond donors (Lipinski definition) is 1. The first-order valence-electron chi connectivity index (χ1n) is 9.70. The van der Waals surface area contributed by atoms with E-state index in [0.717, 1.165) is 23.6 Å². The van der Waals surface area contributed by atoms with Crippen LogP contribution in [0.3, 0.4) is 0 Å². The summed E-state index contributed by atoms with van der Waals surface area (Å²) in [5.74, 6) is -0.285. The Bertz CT molecular complexity index is 1000. The molecule has 1 aliphatic rings. The molecular formula is C22H22N4O3. The lowest BCUT2D eigenvalue weighted by atomic mass is 10.0. The Hall–Kier alpha value is -3.48. The third kappa shape index (κ3) is 4.34. The Balaban J connectivity index is 1.39. The monoisotopic (exact) mass is 390 g/mol. The maximum Gasteiger partial charge on any atom is 0.329 e. The lowest BCUT2D eigenvalue weighted by molar-refractivity contribution is -0.149. The van der Waals surface area contributed by atoms with E-state index in [1.54, 1.807) is 18.5 Å². The number of benzene rings is 2. The molecular weight excluding hydrogens is 368 g/mol. The zero-order valence-corrected chi connectivity index (χ0v) is 16.0. The minimum atomic E-state index is -0.475. The molecule has 1 aromatic heterocycles. The van der Waals surface area contributed by atoms with Gasteiger partial charge < -0.3 is 15.0 Å². The van der Waals surface area contributed by atoms with Gasteiger partial charge >= 0.3 is 5.97 Å². The van der Waals surface area contributed by atoms with E-state index in [2.05, 4.69) is 15.3 Å². The maximum absolute atomic E-state index is 12.7. The van der Waals surface area contributed by atoms with Crippen LogP contribution in [0, 0.1) is 0 Å². The average molecular weight is 390 g/mol. The number of ether oxygens (including phenoxy) is 1. The van der Waals surface area contributed by atoms with Crippen molar-refractivity contribution in [2.24, 2.45) is 0 Å². The number of piperidine rings is 1. The molecule has 2 aromatic carbocycles. The normalized spacial score (nSPS) is 16.4. The van der Waals surface area contributed by atoms with Crippen molar-refractivity contribution in [1.82, 2.24) is 9.97 Å². The Labute approximate surface area is 168 Å². The summed E-state index contributed by atoms with van der Waals surface area (Å²) < 4.78 is 5.33. The summed E-state index contributed by atoms with van der Waals surface area (Å²) in [6.07, 6.45) is 5.84. The van der Waals surface area contributed by atoms with Gasteiger partial charge in [-0.2, -0.15) is 0 Å². The second-order valence-corrected chi connectivity index (χ2v) is 6.94. The fourth-order valence-corrected chi connectivity index (χ4v) is 3.61. The van der Waals surface area contributed by atoms with Gasteiger partial charge in [-0.15, -0.1) is 0 Å². The molecule has 7 nitrogen and oxygen atoms in total. The van der Waals surface area contributed by atoms with Crippen LogP contribution in [0.5, 0.6) is 0 Å². The molecule has 0 spiro atoms. The molecule has 0 saturated carbocycles. The van der Waals surface area contributed by atoms with Crippen LogP contribution in [0.25, 0.3) is 10.8 Å². The van der Waals surface area contributed by atoms with Crippen LogP contribution in [0.1, 0.15) is 19.3 Å². The molecule has 1 atom stereocenters. The SMILES string of the molecule is O=C(COC(=O)C1CCCCN1c1ncccn1)Nc1cccc2ccccc12. The number of carbonyl (C=O) groups is 2. The van der Waals surface area contributed by atoms with Crippen LogP contribution >= 0.6 is 0 Å². The van der Waals surface area contributed by atoms with E-state index in [1.807, 2.05) is 47.4 Å². The van der Waals surface area contributed by atoms with Crippen LogP contribution in [0.4, 0.5) is 11.6 Å². The van der Waals surface area contributed by atoms with Gasteiger partial charge in [-0.1, -0.05) is 36.4 Å². The molecule has 148 valence electrons. The minimum absolute atomic E-state index is 0.331. The van der Waals surface area contributed by atoms with Crippen molar-refractivity contribution in [2.75, 3.05) is 23.4 Å². The number of hydrogen-bond acceptors (Lipinski definition) is 6. The summed E-state index contributed by atoms with van der Waals surface area (Å²) in [6.45, 7) is 0.355. The van der Waals surface area contributed by atoms with E-state index in [-0.39, 0.29) is 12.5 Å². The largest absolute Gasteiger partial charge is 0.454 e. The van der Waals surface area contributed by atoms with Gasteiger partial charge in [0.2, 0.25) is 5.95 Å². The van der Waals surface area contributed by atoms with E-state index in [4.69, 9.17) is 4.74 Å². The number of rotatable bonds is 5. The molecule has 1 amide bonds. The number of fused-ring (bicyclic) bond motifs is 1. The van der Waals surface area contributed by atoms with E-state index in [9.17, 15) is 9.59 Å². The highest BCUT2D eigenvalue weighted by Gasteiger charge is 2.32. The standard InChI is InChI=1S/C22H22N4O3/c27-20(25-18-10-5-8-16-7-1-2-9-17(16)18)15-29-21(28)19-11-3-4-14-26(19)22-23-12-6-13-24-22/h1-2,5-10,12-13,19H,3-4,11,14-15H2,(H,25,27). The fraction of sp³-hybridized carbons (Fsp3) is 0.273. The number of nitrogens with zero attached hydrogens (tertiary/aromatic N) is 3. The van der Waals surface area contributed by atoms with Crippen LogP contribution in [0.2, 0.25) is 0 Å².